The van der Waals surface area contributed by atoms with Crippen LogP contribution >= 0.6 is 0 Å². The Hall–Kier alpha value is -3.22. The standard InChI is InChI=1S/C35H46N4O2/c1-2-27(28-12-5-3-6-13-28)26-39-23-19-32(37-33(35(39)41)16-11-22-38-20-9-4-10-21-38)25-36-34(40)31-18-17-29-14-7-8-15-30(29)24-31/h3,5-8,12-15,17-18,24,27,32-33,37H,2,4,9-11,16,19-23,25-26H2,1H3,(H,36,40)/t27?,32-,33-/m0/s1. The average Bonchev–Trinajstić information content (AvgIpc) is 3.17. The molecule has 2 fully saturated rings. The van der Waals surface area contributed by atoms with E-state index in [9.17, 15) is 9.59 Å². The summed E-state index contributed by atoms with van der Waals surface area (Å²) < 4.78 is 0. The van der Waals surface area contributed by atoms with Crippen LogP contribution in [0.1, 0.15) is 73.7 Å². The number of hydrogen-bond acceptors (Lipinski definition) is 4. The Kier molecular flexibility index (Phi) is 10.4. The van der Waals surface area contributed by atoms with Crippen LogP contribution in [0.3, 0.4) is 0 Å². The van der Waals surface area contributed by atoms with E-state index >= 15 is 0 Å². The number of hydrogen-bond donors (Lipinski definition) is 2. The first kappa shape index (κ1) is 29.3. The Balaban J connectivity index is 1.24. The first-order chi connectivity index (χ1) is 20.1. The molecule has 218 valence electrons. The van der Waals surface area contributed by atoms with Gasteiger partial charge in [-0.1, -0.05) is 74.0 Å². The van der Waals surface area contributed by atoms with Gasteiger partial charge in [0.1, 0.15) is 0 Å². The summed E-state index contributed by atoms with van der Waals surface area (Å²) in [5.41, 5.74) is 1.96. The smallest absolute Gasteiger partial charge is 0.251 e. The first-order valence-corrected chi connectivity index (χ1v) is 15.7. The number of benzene rings is 3. The monoisotopic (exact) mass is 554 g/mol. The zero-order valence-electron chi connectivity index (χ0n) is 24.6. The molecule has 6 heteroatoms. The Bertz CT molecular complexity index is 1270. The molecule has 1 unspecified atom stereocenters. The quantitative estimate of drug-likeness (QED) is 0.324. The van der Waals surface area contributed by atoms with Crippen molar-refractivity contribution >= 4 is 22.6 Å². The summed E-state index contributed by atoms with van der Waals surface area (Å²) in [7, 11) is 0. The number of carbonyl (C=O) groups is 2. The lowest BCUT2D eigenvalue weighted by molar-refractivity contribution is -0.133. The van der Waals surface area contributed by atoms with E-state index in [0.29, 0.717) is 24.6 Å². The third kappa shape index (κ3) is 7.96. The van der Waals surface area contributed by atoms with E-state index in [-0.39, 0.29) is 23.9 Å². The highest BCUT2D eigenvalue weighted by Crippen LogP contribution is 2.23. The van der Waals surface area contributed by atoms with Crippen LogP contribution < -0.4 is 10.6 Å². The van der Waals surface area contributed by atoms with Crippen molar-refractivity contribution in [1.29, 1.82) is 0 Å². The topological polar surface area (TPSA) is 64.7 Å². The van der Waals surface area contributed by atoms with Gasteiger partial charge >= 0.3 is 0 Å². The van der Waals surface area contributed by atoms with Crippen LogP contribution in [0.25, 0.3) is 10.8 Å². The normalized spacial score (nSPS) is 21.0. The molecule has 0 aromatic heterocycles. The van der Waals surface area contributed by atoms with E-state index in [4.69, 9.17) is 0 Å². The van der Waals surface area contributed by atoms with Crippen LogP contribution in [0.5, 0.6) is 0 Å². The lowest BCUT2D eigenvalue weighted by atomic mass is 9.95. The maximum absolute atomic E-state index is 13.9. The maximum Gasteiger partial charge on any atom is 0.251 e. The van der Waals surface area contributed by atoms with Gasteiger partial charge in [0, 0.05) is 37.2 Å². The number of nitrogens with one attached hydrogen (secondary N) is 2. The number of amides is 2. The van der Waals surface area contributed by atoms with Crippen LogP contribution in [0.15, 0.2) is 72.8 Å². The molecule has 2 heterocycles. The molecule has 2 aliphatic heterocycles. The van der Waals surface area contributed by atoms with Gasteiger partial charge in [0.2, 0.25) is 5.91 Å². The molecule has 6 nitrogen and oxygen atoms in total. The van der Waals surface area contributed by atoms with Crippen molar-refractivity contribution in [1.82, 2.24) is 20.4 Å². The summed E-state index contributed by atoms with van der Waals surface area (Å²) in [5.74, 6) is 0.460. The summed E-state index contributed by atoms with van der Waals surface area (Å²) in [5, 5.41) is 9.02. The van der Waals surface area contributed by atoms with E-state index in [2.05, 4.69) is 57.7 Å². The molecule has 0 bridgehead atoms. The Morgan fingerprint density at radius 2 is 1.71 bits per heavy atom. The van der Waals surface area contributed by atoms with E-state index in [1.54, 1.807) is 0 Å². The second-order valence-corrected chi connectivity index (χ2v) is 11.8. The average molecular weight is 555 g/mol. The molecular formula is C35H46N4O2. The maximum atomic E-state index is 13.9. The van der Waals surface area contributed by atoms with Gasteiger partial charge in [-0.05, 0) is 86.6 Å². The highest BCUT2D eigenvalue weighted by Gasteiger charge is 2.32. The molecule has 3 aromatic rings. The van der Waals surface area contributed by atoms with Crippen LogP contribution in [0.4, 0.5) is 0 Å². The minimum atomic E-state index is -0.224. The number of piperidine rings is 1. The van der Waals surface area contributed by atoms with Crippen molar-refractivity contribution in [3.8, 4) is 0 Å². The first-order valence-electron chi connectivity index (χ1n) is 15.7. The molecule has 2 N–H and O–H groups in total. The Morgan fingerprint density at radius 1 is 0.951 bits per heavy atom. The number of rotatable bonds is 11. The van der Waals surface area contributed by atoms with Gasteiger partial charge in [-0.15, -0.1) is 0 Å². The van der Waals surface area contributed by atoms with E-state index in [1.165, 1.54) is 37.9 Å². The zero-order valence-corrected chi connectivity index (χ0v) is 24.6. The number of carbonyl (C=O) groups excluding carboxylic acids is 2. The fraction of sp³-hybridized carbons (Fsp3) is 0.486. The van der Waals surface area contributed by atoms with Crippen molar-refractivity contribution in [2.24, 2.45) is 0 Å². The third-order valence-electron chi connectivity index (χ3n) is 8.94. The summed E-state index contributed by atoms with van der Waals surface area (Å²) >= 11 is 0. The van der Waals surface area contributed by atoms with Gasteiger partial charge in [-0.25, -0.2) is 0 Å². The van der Waals surface area contributed by atoms with Crippen LogP contribution in [0.2, 0.25) is 0 Å². The third-order valence-corrected chi connectivity index (χ3v) is 8.94. The number of likely N-dealkylation sites (tertiary alicyclic amines) is 1. The molecule has 0 saturated carbocycles. The molecule has 3 atom stereocenters. The van der Waals surface area contributed by atoms with Crippen molar-refractivity contribution in [3.05, 3.63) is 83.9 Å². The largest absolute Gasteiger partial charge is 0.350 e. The molecule has 3 aromatic carbocycles. The summed E-state index contributed by atoms with van der Waals surface area (Å²) in [6, 6.07) is 24.3. The van der Waals surface area contributed by atoms with Crippen molar-refractivity contribution < 1.29 is 9.59 Å². The Morgan fingerprint density at radius 3 is 2.49 bits per heavy atom. The highest BCUT2D eigenvalue weighted by molar-refractivity contribution is 5.98. The van der Waals surface area contributed by atoms with E-state index < -0.39 is 0 Å². The lowest BCUT2D eigenvalue weighted by Crippen LogP contribution is -2.49. The van der Waals surface area contributed by atoms with E-state index in [0.717, 1.165) is 49.5 Å². The van der Waals surface area contributed by atoms with Crippen LogP contribution in [0, 0.1) is 0 Å². The van der Waals surface area contributed by atoms with E-state index in [1.807, 2.05) is 42.5 Å². The summed E-state index contributed by atoms with van der Waals surface area (Å²) in [4.78, 5) is 31.6. The minimum Gasteiger partial charge on any atom is -0.350 e. The SMILES string of the molecule is CCC(CN1CC[C@@H](CNC(=O)c2ccc3ccccc3c2)N[C@@H](CCCN2CCCCC2)C1=O)c1ccccc1. The second-order valence-electron chi connectivity index (χ2n) is 11.8. The molecule has 0 radical (unpaired) electrons. The minimum absolute atomic E-state index is 0.0464. The van der Waals surface area contributed by atoms with Gasteiger partial charge < -0.3 is 20.4 Å². The predicted molar refractivity (Wildman–Crippen MR) is 167 cm³/mol. The fourth-order valence-corrected chi connectivity index (χ4v) is 6.44. The van der Waals surface area contributed by atoms with Gasteiger partial charge in [0.15, 0.2) is 0 Å². The molecular weight excluding hydrogens is 508 g/mol. The molecule has 0 spiro atoms. The molecule has 2 amide bonds. The molecule has 5 rings (SSSR count). The number of nitrogens with zero attached hydrogens (tertiary/aromatic N) is 2. The van der Waals surface area contributed by atoms with Crippen molar-refractivity contribution in [2.45, 2.75) is 69.9 Å². The molecule has 0 aliphatic carbocycles. The van der Waals surface area contributed by atoms with Gasteiger partial charge in [-0.2, -0.15) is 0 Å². The van der Waals surface area contributed by atoms with Gasteiger partial charge in [0.25, 0.3) is 5.91 Å². The summed E-state index contributed by atoms with van der Waals surface area (Å²) in [6.45, 7) is 7.56. The highest BCUT2D eigenvalue weighted by atomic mass is 16.2. The fourth-order valence-electron chi connectivity index (χ4n) is 6.44. The lowest BCUT2D eigenvalue weighted by Gasteiger charge is -2.30. The van der Waals surface area contributed by atoms with Crippen LogP contribution in [-0.4, -0.2) is 73.0 Å². The van der Waals surface area contributed by atoms with Crippen molar-refractivity contribution in [2.75, 3.05) is 39.3 Å². The van der Waals surface area contributed by atoms with Gasteiger partial charge in [-0.3, -0.25) is 9.59 Å². The zero-order chi connectivity index (χ0) is 28.4. The number of fused-ring (bicyclic) bond motifs is 1. The van der Waals surface area contributed by atoms with Crippen molar-refractivity contribution in [3.63, 3.8) is 0 Å². The summed E-state index contributed by atoms with van der Waals surface area (Å²) in [6.07, 6.45) is 7.54. The molecule has 2 aliphatic rings. The predicted octanol–water partition coefficient (Wildman–Crippen LogP) is 5.59. The second kappa shape index (κ2) is 14.6. The van der Waals surface area contributed by atoms with Crippen LogP contribution in [-0.2, 0) is 4.79 Å². The molecule has 2 saturated heterocycles. The molecule has 41 heavy (non-hydrogen) atoms. The Labute approximate surface area is 245 Å². The van der Waals surface area contributed by atoms with Gasteiger partial charge in [0.05, 0.1) is 6.04 Å².